The fraction of sp³-hybridized carbons (Fsp3) is 0.500. The van der Waals surface area contributed by atoms with Gasteiger partial charge in [-0.05, 0) is 57.5 Å². The second-order valence-corrected chi connectivity index (χ2v) is 7.31. The van der Waals surface area contributed by atoms with Gasteiger partial charge in [-0.1, -0.05) is 23.7 Å². The van der Waals surface area contributed by atoms with Crippen LogP contribution in [0.2, 0.25) is 5.02 Å². The number of likely N-dealkylation sites (tertiary alicyclic amines) is 1. The zero-order valence-electron chi connectivity index (χ0n) is 16.3. The number of guanidine groups is 1. The molecule has 0 radical (unpaired) electrons. The van der Waals surface area contributed by atoms with Crippen LogP contribution in [0.15, 0.2) is 33.7 Å². The Balaban J connectivity index is 1.62. The Kier molecular flexibility index (Phi) is 6.74. The Labute approximate surface area is 166 Å². The van der Waals surface area contributed by atoms with Gasteiger partial charge in [0.15, 0.2) is 5.96 Å². The third kappa shape index (κ3) is 5.23. The van der Waals surface area contributed by atoms with Crippen LogP contribution in [0.4, 0.5) is 0 Å². The SMILES string of the molecule is CN=C(NCc1nc(C)c(C)o1)NCC(c1cccc(Cl)c1)N1CCCC1. The molecule has 1 aromatic heterocycles. The van der Waals surface area contributed by atoms with Crippen LogP contribution < -0.4 is 10.6 Å². The van der Waals surface area contributed by atoms with Crippen molar-refractivity contribution in [2.45, 2.75) is 39.3 Å². The highest BCUT2D eigenvalue weighted by Crippen LogP contribution is 2.26. The fourth-order valence-electron chi connectivity index (χ4n) is 3.41. The first-order valence-electron chi connectivity index (χ1n) is 9.43. The van der Waals surface area contributed by atoms with E-state index in [0.29, 0.717) is 12.4 Å². The Morgan fingerprint density at radius 1 is 1.30 bits per heavy atom. The first-order valence-corrected chi connectivity index (χ1v) is 9.81. The summed E-state index contributed by atoms with van der Waals surface area (Å²) in [4.78, 5) is 11.2. The number of hydrogen-bond donors (Lipinski definition) is 2. The molecule has 1 unspecified atom stereocenters. The summed E-state index contributed by atoms with van der Waals surface area (Å²) in [7, 11) is 1.77. The minimum absolute atomic E-state index is 0.260. The minimum atomic E-state index is 0.260. The molecule has 0 bridgehead atoms. The van der Waals surface area contributed by atoms with Gasteiger partial charge in [-0.3, -0.25) is 9.89 Å². The fourth-order valence-corrected chi connectivity index (χ4v) is 3.61. The van der Waals surface area contributed by atoms with Crippen molar-refractivity contribution in [1.29, 1.82) is 0 Å². The van der Waals surface area contributed by atoms with Crippen molar-refractivity contribution in [1.82, 2.24) is 20.5 Å². The van der Waals surface area contributed by atoms with Crippen LogP contribution >= 0.6 is 11.6 Å². The number of benzene rings is 1. The van der Waals surface area contributed by atoms with Crippen molar-refractivity contribution in [3.05, 3.63) is 52.2 Å². The van der Waals surface area contributed by atoms with Crippen molar-refractivity contribution >= 4 is 17.6 Å². The maximum Gasteiger partial charge on any atom is 0.214 e. The van der Waals surface area contributed by atoms with Gasteiger partial charge in [0.1, 0.15) is 5.76 Å². The lowest BCUT2D eigenvalue weighted by atomic mass is 10.1. The number of halogens is 1. The van der Waals surface area contributed by atoms with Crippen LogP contribution in [-0.2, 0) is 6.54 Å². The van der Waals surface area contributed by atoms with Crippen LogP contribution in [-0.4, -0.2) is 42.5 Å². The smallest absolute Gasteiger partial charge is 0.214 e. The van der Waals surface area contributed by atoms with E-state index in [9.17, 15) is 0 Å². The number of nitrogens with zero attached hydrogens (tertiary/aromatic N) is 3. The van der Waals surface area contributed by atoms with Gasteiger partial charge in [-0.25, -0.2) is 4.98 Å². The molecule has 2 N–H and O–H groups in total. The van der Waals surface area contributed by atoms with Gasteiger partial charge in [-0.2, -0.15) is 0 Å². The third-order valence-electron chi connectivity index (χ3n) is 4.98. The second kappa shape index (κ2) is 9.24. The molecule has 7 heteroatoms. The van der Waals surface area contributed by atoms with E-state index < -0.39 is 0 Å². The highest BCUT2D eigenvalue weighted by Gasteiger charge is 2.24. The van der Waals surface area contributed by atoms with Gasteiger partial charge in [-0.15, -0.1) is 0 Å². The van der Waals surface area contributed by atoms with Crippen LogP contribution in [0.5, 0.6) is 0 Å². The molecule has 1 aliphatic heterocycles. The first-order chi connectivity index (χ1) is 13.1. The zero-order chi connectivity index (χ0) is 19.2. The van der Waals surface area contributed by atoms with Gasteiger partial charge in [0.2, 0.25) is 5.89 Å². The monoisotopic (exact) mass is 389 g/mol. The third-order valence-corrected chi connectivity index (χ3v) is 5.22. The zero-order valence-corrected chi connectivity index (χ0v) is 17.0. The van der Waals surface area contributed by atoms with Gasteiger partial charge in [0.25, 0.3) is 0 Å². The number of aliphatic imine (C=N–C) groups is 1. The number of aryl methyl sites for hydroxylation is 2. The van der Waals surface area contributed by atoms with Crippen LogP contribution in [0.25, 0.3) is 0 Å². The Morgan fingerprint density at radius 3 is 2.70 bits per heavy atom. The summed E-state index contributed by atoms with van der Waals surface area (Å²) in [5.41, 5.74) is 2.15. The highest BCUT2D eigenvalue weighted by atomic mass is 35.5. The molecule has 6 nitrogen and oxygen atoms in total. The topological polar surface area (TPSA) is 65.7 Å². The van der Waals surface area contributed by atoms with Crippen LogP contribution in [0.3, 0.4) is 0 Å². The Bertz CT molecular complexity index is 763. The summed E-state index contributed by atoms with van der Waals surface area (Å²) in [6, 6.07) is 8.39. The van der Waals surface area contributed by atoms with Gasteiger partial charge in [0, 0.05) is 18.6 Å². The number of oxazole rings is 1. The molecule has 0 saturated carbocycles. The summed E-state index contributed by atoms with van der Waals surface area (Å²) >= 11 is 6.23. The average molecular weight is 390 g/mol. The molecule has 2 aromatic rings. The molecule has 1 fully saturated rings. The molecule has 2 heterocycles. The van der Waals surface area contributed by atoms with Crippen LogP contribution in [0.1, 0.15) is 41.8 Å². The number of aromatic nitrogens is 1. The van der Waals surface area contributed by atoms with Crippen molar-refractivity contribution < 1.29 is 4.42 Å². The van der Waals surface area contributed by atoms with Crippen molar-refractivity contribution in [3.63, 3.8) is 0 Å². The van der Waals surface area contributed by atoms with Gasteiger partial charge in [0.05, 0.1) is 18.3 Å². The minimum Gasteiger partial charge on any atom is -0.444 e. The summed E-state index contributed by atoms with van der Waals surface area (Å²) in [5, 5.41) is 7.49. The maximum absolute atomic E-state index is 6.23. The van der Waals surface area contributed by atoms with E-state index >= 15 is 0 Å². The molecule has 0 spiro atoms. The maximum atomic E-state index is 6.23. The summed E-state index contributed by atoms with van der Waals surface area (Å²) in [6.07, 6.45) is 2.49. The second-order valence-electron chi connectivity index (χ2n) is 6.87. The highest BCUT2D eigenvalue weighted by molar-refractivity contribution is 6.30. The van der Waals surface area contributed by atoms with E-state index in [2.05, 4.69) is 37.6 Å². The molecule has 3 rings (SSSR count). The molecule has 0 aliphatic carbocycles. The summed E-state index contributed by atoms with van der Waals surface area (Å²) in [6.45, 7) is 7.34. The van der Waals surface area contributed by atoms with E-state index in [0.717, 1.165) is 42.1 Å². The van der Waals surface area contributed by atoms with E-state index in [4.69, 9.17) is 16.0 Å². The summed E-state index contributed by atoms with van der Waals surface area (Å²) < 4.78 is 5.62. The molecular formula is C20H28ClN5O. The largest absolute Gasteiger partial charge is 0.444 e. The van der Waals surface area contributed by atoms with Crippen molar-refractivity contribution in [2.75, 3.05) is 26.7 Å². The number of hydrogen-bond acceptors (Lipinski definition) is 4. The standard InChI is InChI=1S/C20H28ClN5O/c1-14-15(2)27-19(25-14)13-24-20(22-3)23-12-18(26-9-4-5-10-26)16-7-6-8-17(21)11-16/h6-8,11,18H,4-5,9-10,12-13H2,1-3H3,(H2,22,23,24). The molecular weight excluding hydrogens is 362 g/mol. The van der Waals surface area contributed by atoms with E-state index in [1.165, 1.54) is 18.4 Å². The van der Waals surface area contributed by atoms with Crippen molar-refractivity contribution in [2.24, 2.45) is 4.99 Å². The summed E-state index contributed by atoms with van der Waals surface area (Å²) in [5.74, 6) is 2.25. The molecule has 1 aliphatic rings. The number of rotatable bonds is 6. The Hall–Kier alpha value is -2.05. The molecule has 1 aromatic carbocycles. The van der Waals surface area contributed by atoms with Crippen molar-refractivity contribution in [3.8, 4) is 0 Å². The lowest BCUT2D eigenvalue weighted by Crippen LogP contribution is -2.42. The number of nitrogens with one attached hydrogen (secondary N) is 2. The predicted molar refractivity (Wildman–Crippen MR) is 109 cm³/mol. The lowest BCUT2D eigenvalue weighted by Gasteiger charge is -2.29. The molecule has 1 saturated heterocycles. The van der Waals surface area contributed by atoms with E-state index in [1.807, 2.05) is 26.0 Å². The normalized spacial score (nSPS) is 16.5. The first kappa shape index (κ1) is 19.7. The van der Waals surface area contributed by atoms with Gasteiger partial charge < -0.3 is 15.1 Å². The predicted octanol–water partition coefficient (Wildman–Crippen LogP) is 3.45. The lowest BCUT2D eigenvalue weighted by molar-refractivity contribution is 0.245. The Morgan fingerprint density at radius 2 is 2.07 bits per heavy atom. The molecule has 146 valence electrons. The van der Waals surface area contributed by atoms with E-state index in [1.54, 1.807) is 7.05 Å². The molecule has 0 amide bonds. The quantitative estimate of drug-likeness (QED) is 0.585. The van der Waals surface area contributed by atoms with Gasteiger partial charge >= 0.3 is 0 Å². The molecule has 27 heavy (non-hydrogen) atoms. The average Bonchev–Trinajstić information content (AvgIpc) is 3.28. The molecule has 1 atom stereocenters. The van der Waals surface area contributed by atoms with E-state index in [-0.39, 0.29) is 6.04 Å². The van der Waals surface area contributed by atoms with Crippen LogP contribution in [0, 0.1) is 13.8 Å².